The Labute approximate surface area is 46.4 Å². The number of hydrogen-bond acceptors (Lipinski definition) is 4. The Kier molecular flexibility index (Phi) is 0.988. The van der Waals surface area contributed by atoms with Crippen LogP contribution in [0.4, 0.5) is 0 Å². The molecule has 0 atom stereocenters. The van der Waals surface area contributed by atoms with Gasteiger partial charge in [-0.1, -0.05) is 0 Å². The highest BCUT2D eigenvalue weighted by Gasteiger charge is 2.28. The second-order valence-corrected chi connectivity index (χ2v) is 1.69. The Bertz CT molecular complexity index is 129. The van der Waals surface area contributed by atoms with Crippen LogP contribution in [-0.2, 0) is 4.74 Å². The molecule has 1 heterocycles. The molecule has 0 fully saturated rings. The first-order chi connectivity index (χ1) is 3.60. The molecule has 0 aromatic heterocycles. The van der Waals surface area contributed by atoms with Crippen LogP contribution in [0.15, 0.2) is 4.99 Å². The summed E-state index contributed by atoms with van der Waals surface area (Å²) < 4.78 is 4.62. The van der Waals surface area contributed by atoms with E-state index in [-0.39, 0.29) is 6.61 Å². The molecular weight excluding hydrogens is 110 g/mol. The van der Waals surface area contributed by atoms with Gasteiger partial charge in [-0.3, -0.25) is 0 Å². The summed E-state index contributed by atoms with van der Waals surface area (Å²) in [6.07, 6.45) is 0. The molecular formula is C4H7NO3. The summed E-state index contributed by atoms with van der Waals surface area (Å²) in [5.74, 6) is -1.65. The largest absolute Gasteiger partial charge is 0.473 e. The summed E-state index contributed by atoms with van der Waals surface area (Å²) in [5.41, 5.74) is 0. The van der Waals surface area contributed by atoms with Crippen LogP contribution in [0.3, 0.4) is 0 Å². The number of aliphatic imine (C=N–C) groups is 1. The third-order valence-corrected chi connectivity index (χ3v) is 0.811. The summed E-state index contributed by atoms with van der Waals surface area (Å²) in [5, 5.41) is 17.2. The normalized spacial score (nSPS) is 24.6. The lowest BCUT2D eigenvalue weighted by Gasteiger charge is -2.05. The molecule has 1 aliphatic rings. The summed E-state index contributed by atoms with van der Waals surface area (Å²) >= 11 is 0. The van der Waals surface area contributed by atoms with Gasteiger partial charge in [0.25, 0.3) is 0 Å². The number of ether oxygens (including phenoxy) is 1. The minimum Gasteiger partial charge on any atom is -0.473 e. The summed E-state index contributed by atoms with van der Waals surface area (Å²) in [7, 11) is 0. The lowest BCUT2D eigenvalue weighted by Crippen LogP contribution is -2.26. The molecule has 8 heavy (non-hydrogen) atoms. The fourth-order valence-corrected chi connectivity index (χ4v) is 0.518. The average Bonchev–Trinajstić information content (AvgIpc) is 1.82. The fraction of sp³-hybridized carbons (Fsp3) is 0.750. The van der Waals surface area contributed by atoms with E-state index in [1.807, 2.05) is 0 Å². The van der Waals surface area contributed by atoms with Gasteiger partial charge in [-0.05, 0) is 0 Å². The lowest BCUT2D eigenvalue weighted by atomic mass is 10.6. The zero-order valence-corrected chi connectivity index (χ0v) is 4.46. The molecule has 0 saturated carbocycles. The van der Waals surface area contributed by atoms with Crippen molar-refractivity contribution in [3.8, 4) is 0 Å². The predicted octanol–water partition coefficient (Wildman–Crippen LogP) is -0.927. The van der Waals surface area contributed by atoms with Crippen LogP contribution >= 0.6 is 0 Å². The maximum atomic E-state index is 8.61. The van der Waals surface area contributed by atoms with Crippen LogP contribution < -0.4 is 0 Å². The molecule has 0 amide bonds. The van der Waals surface area contributed by atoms with E-state index in [0.29, 0.717) is 5.90 Å². The smallest absolute Gasteiger partial charge is 0.303 e. The highest BCUT2D eigenvalue weighted by Crippen LogP contribution is 2.09. The first-order valence-corrected chi connectivity index (χ1v) is 2.24. The van der Waals surface area contributed by atoms with Gasteiger partial charge in [-0.25, -0.2) is 0 Å². The Morgan fingerprint density at radius 3 is 2.50 bits per heavy atom. The van der Waals surface area contributed by atoms with E-state index in [9.17, 15) is 0 Å². The van der Waals surface area contributed by atoms with Gasteiger partial charge in [0.05, 0.1) is 0 Å². The minimum atomic E-state index is -1.97. The molecule has 1 rings (SSSR count). The first kappa shape index (κ1) is 5.53. The van der Waals surface area contributed by atoms with Crippen LogP contribution in [0.25, 0.3) is 0 Å². The van der Waals surface area contributed by atoms with E-state index in [0.717, 1.165) is 0 Å². The first-order valence-electron chi connectivity index (χ1n) is 2.24. The predicted molar refractivity (Wildman–Crippen MR) is 26.2 cm³/mol. The van der Waals surface area contributed by atoms with Crippen LogP contribution in [0.1, 0.15) is 6.92 Å². The van der Waals surface area contributed by atoms with Crippen LogP contribution in [0.2, 0.25) is 0 Å². The number of nitrogens with zero attached hydrogens (tertiary/aromatic N) is 1. The molecule has 0 aromatic carbocycles. The quantitative estimate of drug-likeness (QED) is 0.403. The van der Waals surface area contributed by atoms with Crippen molar-refractivity contribution in [2.75, 3.05) is 6.61 Å². The van der Waals surface area contributed by atoms with E-state index < -0.39 is 5.91 Å². The Morgan fingerprint density at radius 2 is 2.38 bits per heavy atom. The minimum absolute atomic E-state index is 0.154. The lowest BCUT2D eigenvalue weighted by molar-refractivity contribution is -0.160. The van der Waals surface area contributed by atoms with Crippen LogP contribution in [-0.4, -0.2) is 28.6 Å². The average molecular weight is 117 g/mol. The highest BCUT2D eigenvalue weighted by molar-refractivity contribution is 5.74. The maximum Gasteiger partial charge on any atom is 0.303 e. The molecule has 46 valence electrons. The van der Waals surface area contributed by atoms with Crippen molar-refractivity contribution in [1.82, 2.24) is 0 Å². The molecule has 0 aliphatic carbocycles. The van der Waals surface area contributed by atoms with Gasteiger partial charge in [-0.15, -0.1) is 0 Å². The zero-order valence-electron chi connectivity index (χ0n) is 4.46. The highest BCUT2D eigenvalue weighted by atomic mass is 16.6. The molecule has 1 aliphatic heterocycles. The molecule has 0 aromatic rings. The van der Waals surface area contributed by atoms with Crippen molar-refractivity contribution in [3.63, 3.8) is 0 Å². The third-order valence-electron chi connectivity index (χ3n) is 0.811. The van der Waals surface area contributed by atoms with Crippen molar-refractivity contribution >= 4 is 5.90 Å². The van der Waals surface area contributed by atoms with Gasteiger partial charge >= 0.3 is 5.91 Å². The van der Waals surface area contributed by atoms with Crippen molar-refractivity contribution in [3.05, 3.63) is 0 Å². The molecule has 0 radical (unpaired) electrons. The fourth-order valence-electron chi connectivity index (χ4n) is 0.518. The van der Waals surface area contributed by atoms with E-state index in [2.05, 4.69) is 9.73 Å². The van der Waals surface area contributed by atoms with Gasteiger partial charge in [-0.2, -0.15) is 4.99 Å². The second-order valence-electron chi connectivity index (χ2n) is 1.69. The summed E-state index contributed by atoms with van der Waals surface area (Å²) in [6.45, 7) is 1.41. The number of rotatable bonds is 0. The van der Waals surface area contributed by atoms with Crippen molar-refractivity contribution in [1.29, 1.82) is 0 Å². The Morgan fingerprint density at radius 1 is 1.75 bits per heavy atom. The maximum absolute atomic E-state index is 8.61. The van der Waals surface area contributed by atoms with E-state index in [4.69, 9.17) is 10.2 Å². The summed E-state index contributed by atoms with van der Waals surface area (Å²) in [4.78, 5) is 3.33. The van der Waals surface area contributed by atoms with E-state index in [1.54, 1.807) is 6.92 Å². The summed E-state index contributed by atoms with van der Waals surface area (Å²) in [6, 6.07) is 0. The number of aliphatic hydroxyl groups is 2. The van der Waals surface area contributed by atoms with E-state index in [1.165, 1.54) is 0 Å². The standard InChI is InChI=1S/C4H7NO3/c1-3-5-4(6,7)2-8-3/h6-7H,2H2,1H3. The monoisotopic (exact) mass is 117 g/mol. The van der Waals surface area contributed by atoms with Crippen LogP contribution in [0.5, 0.6) is 0 Å². The molecule has 0 saturated heterocycles. The van der Waals surface area contributed by atoms with Crippen molar-refractivity contribution < 1.29 is 14.9 Å². The molecule has 0 spiro atoms. The SMILES string of the molecule is CC1=NC(O)(O)CO1. The van der Waals surface area contributed by atoms with Gasteiger partial charge in [0.15, 0.2) is 12.5 Å². The van der Waals surface area contributed by atoms with Gasteiger partial charge < -0.3 is 14.9 Å². The van der Waals surface area contributed by atoms with Gasteiger partial charge in [0.1, 0.15) is 0 Å². The number of hydrogen-bond donors (Lipinski definition) is 2. The van der Waals surface area contributed by atoms with Crippen molar-refractivity contribution in [2.24, 2.45) is 4.99 Å². The van der Waals surface area contributed by atoms with Gasteiger partial charge in [0.2, 0.25) is 0 Å². The topological polar surface area (TPSA) is 62.1 Å². The van der Waals surface area contributed by atoms with Crippen LogP contribution in [0, 0.1) is 0 Å². The van der Waals surface area contributed by atoms with Gasteiger partial charge in [0, 0.05) is 6.92 Å². The molecule has 2 N–H and O–H groups in total. The Hall–Kier alpha value is -0.610. The van der Waals surface area contributed by atoms with E-state index >= 15 is 0 Å². The molecule has 4 nitrogen and oxygen atoms in total. The zero-order chi connectivity index (χ0) is 6.20. The molecule has 0 bridgehead atoms. The Balaban J connectivity index is 2.67. The van der Waals surface area contributed by atoms with Crippen molar-refractivity contribution in [2.45, 2.75) is 12.8 Å². The third kappa shape index (κ3) is 0.962. The molecule has 4 heteroatoms. The second kappa shape index (κ2) is 1.43. The molecule has 0 unspecified atom stereocenters.